The summed E-state index contributed by atoms with van der Waals surface area (Å²) >= 11 is 0. The van der Waals surface area contributed by atoms with Crippen molar-refractivity contribution in [1.82, 2.24) is 4.90 Å². The van der Waals surface area contributed by atoms with Gasteiger partial charge in [-0.2, -0.15) is 13.2 Å². The van der Waals surface area contributed by atoms with E-state index in [1.54, 1.807) is 0 Å². The maximum Gasteiger partial charge on any atom is 0.416 e. The molecule has 1 saturated heterocycles. The van der Waals surface area contributed by atoms with Gasteiger partial charge in [0.15, 0.2) is 0 Å². The molecule has 8 heteroatoms. The Morgan fingerprint density at radius 2 is 2.00 bits per heavy atom. The van der Waals surface area contributed by atoms with Crippen molar-refractivity contribution in [2.24, 2.45) is 0 Å². The number of carbonyl (C=O) groups is 2. The number of benzene rings is 1. The van der Waals surface area contributed by atoms with Crippen LogP contribution in [0.5, 0.6) is 5.75 Å². The number of rotatable bonds is 4. The number of nitrogens with zero attached hydrogens (tertiary/aromatic N) is 1. The highest BCUT2D eigenvalue weighted by molar-refractivity contribution is 5.93. The van der Waals surface area contributed by atoms with Gasteiger partial charge in [0.05, 0.1) is 19.6 Å². The second kappa shape index (κ2) is 6.25. The fourth-order valence-corrected chi connectivity index (χ4v) is 2.16. The van der Waals surface area contributed by atoms with Crippen LogP contribution in [-0.4, -0.2) is 43.3 Å². The minimum Gasteiger partial charge on any atom is -0.497 e. The molecule has 2 rings (SSSR count). The lowest BCUT2D eigenvalue weighted by atomic mass is 9.94. The molecule has 0 bridgehead atoms. The predicted octanol–water partition coefficient (Wildman–Crippen LogP) is 2.71. The monoisotopic (exact) mass is 317 g/mol. The zero-order valence-electron chi connectivity index (χ0n) is 11.7. The Balaban J connectivity index is 2.19. The van der Waals surface area contributed by atoms with E-state index < -0.39 is 30.5 Å². The fourth-order valence-electron chi connectivity index (χ4n) is 2.16. The van der Waals surface area contributed by atoms with Crippen molar-refractivity contribution < 1.29 is 32.2 Å². The van der Waals surface area contributed by atoms with Gasteiger partial charge in [0.25, 0.3) is 0 Å². The topological polar surface area (TPSA) is 55.8 Å². The van der Waals surface area contributed by atoms with E-state index in [0.717, 1.165) is 0 Å². The average molecular weight is 317 g/mol. The Bertz CT molecular complexity index is 556. The number of hydrogen-bond acceptors (Lipinski definition) is 4. The highest BCUT2D eigenvalue weighted by Gasteiger charge is 2.43. The Labute approximate surface area is 124 Å². The third-order valence-corrected chi connectivity index (χ3v) is 3.35. The van der Waals surface area contributed by atoms with Crippen molar-refractivity contribution >= 4 is 12.0 Å². The molecule has 1 aliphatic heterocycles. The van der Waals surface area contributed by atoms with E-state index in [1.165, 1.54) is 31.4 Å². The molecule has 0 N–H and O–H groups in total. The first-order valence-corrected chi connectivity index (χ1v) is 6.50. The summed E-state index contributed by atoms with van der Waals surface area (Å²) in [5, 5.41) is 0. The molecule has 0 spiro atoms. The summed E-state index contributed by atoms with van der Waals surface area (Å²) < 4.78 is 49.1. The largest absolute Gasteiger partial charge is 0.497 e. The maximum absolute atomic E-state index is 13.2. The van der Waals surface area contributed by atoms with Crippen molar-refractivity contribution in [3.63, 3.8) is 0 Å². The standard InChI is InChI=1S/C14H14F3NO4/c1-21-10-4-2-9(3-5-10)11(14(15,16)17)8-12(19)18-6-7-22-13(18)20/h2-5,11H,6-8H2,1H3. The second-order valence-corrected chi connectivity index (χ2v) is 4.73. The van der Waals surface area contributed by atoms with Crippen LogP contribution >= 0.6 is 0 Å². The lowest BCUT2D eigenvalue weighted by Crippen LogP contribution is -2.35. The number of hydrogen-bond donors (Lipinski definition) is 0. The zero-order chi connectivity index (χ0) is 16.3. The van der Waals surface area contributed by atoms with E-state index in [-0.39, 0.29) is 18.7 Å². The number of imide groups is 1. The summed E-state index contributed by atoms with van der Waals surface area (Å²) in [5.74, 6) is -2.47. The highest BCUT2D eigenvalue weighted by atomic mass is 19.4. The molecular weight excluding hydrogens is 303 g/mol. The molecule has 1 heterocycles. The maximum atomic E-state index is 13.2. The number of methoxy groups -OCH3 is 1. The van der Waals surface area contributed by atoms with Gasteiger partial charge < -0.3 is 9.47 Å². The van der Waals surface area contributed by atoms with E-state index in [9.17, 15) is 22.8 Å². The smallest absolute Gasteiger partial charge is 0.416 e. The Morgan fingerprint density at radius 3 is 2.45 bits per heavy atom. The molecule has 0 aliphatic carbocycles. The van der Waals surface area contributed by atoms with Gasteiger partial charge in [0, 0.05) is 6.42 Å². The number of amides is 2. The molecule has 0 saturated carbocycles. The lowest BCUT2D eigenvalue weighted by Gasteiger charge is -2.22. The van der Waals surface area contributed by atoms with E-state index in [0.29, 0.717) is 10.6 Å². The third-order valence-electron chi connectivity index (χ3n) is 3.35. The van der Waals surface area contributed by atoms with E-state index >= 15 is 0 Å². The fraction of sp³-hybridized carbons (Fsp3) is 0.429. The van der Waals surface area contributed by atoms with E-state index in [2.05, 4.69) is 4.74 Å². The van der Waals surface area contributed by atoms with Crippen LogP contribution in [0, 0.1) is 0 Å². The van der Waals surface area contributed by atoms with E-state index in [4.69, 9.17) is 4.74 Å². The van der Waals surface area contributed by atoms with Crippen LogP contribution in [0.2, 0.25) is 0 Å². The number of halogens is 3. The SMILES string of the molecule is COc1ccc(C(CC(=O)N2CCOC2=O)C(F)(F)F)cc1. The molecular formula is C14H14F3NO4. The summed E-state index contributed by atoms with van der Waals surface area (Å²) in [6.45, 7) is -0.0192. The molecule has 1 aliphatic rings. The van der Waals surface area contributed by atoms with Crippen molar-refractivity contribution in [3.8, 4) is 5.75 Å². The quantitative estimate of drug-likeness (QED) is 0.857. The normalized spacial score (nSPS) is 16.4. The summed E-state index contributed by atoms with van der Waals surface area (Å²) in [6, 6.07) is 5.30. The number of cyclic esters (lactones) is 1. The Kier molecular flexibility index (Phi) is 4.58. The molecule has 22 heavy (non-hydrogen) atoms. The van der Waals surface area contributed by atoms with Crippen molar-refractivity contribution in [3.05, 3.63) is 29.8 Å². The van der Waals surface area contributed by atoms with Gasteiger partial charge in [-0.1, -0.05) is 12.1 Å². The second-order valence-electron chi connectivity index (χ2n) is 4.73. The van der Waals surface area contributed by atoms with Gasteiger partial charge in [-0.25, -0.2) is 9.69 Å². The van der Waals surface area contributed by atoms with Gasteiger partial charge in [-0.3, -0.25) is 4.79 Å². The van der Waals surface area contributed by atoms with Gasteiger partial charge in [0.2, 0.25) is 5.91 Å². The van der Waals surface area contributed by atoms with Crippen LogP contribution in [0.1, 0.15) is 17.9 Å². The van der Waals surface area contributed by atoms with Crippen LogP contribution in [-0.2, 0) is 9.53 Å². The molecule has 1 fully saturated rings. The molecule has 1 aromatic rings. The summed E-state index contributed by atoms with van der Waals surface area (Å²) in [7, 11) is 1.40. The molecule has 2 amide bonds. The van der Waals surface area contributed by atoms with Crippen LogP contribution in [0.15, 0.2) is 24.3 Å². The lowest BCUT2D eigenvalue weighted by molar-refractivity contribution is -0.159. The highest BCUT2D eigenvalue weighted by Crippen LogP contribution is 2.38. The summed E-state index contributed by atoms with van der Waals surface area (Å²) in [6.07, 6.45) is -6.35. The van der Waals surface area contributed by atoms with Crippen LogP contribution in [0.4, 0.5) is 18.0 Å². The van der Waals surface area contributed by atoms with Crippen LogP contribution < -0.4 is 4.74 Å². The van der Waals surface area contributed by atoms with Gasteiger partial charge in [-0.05, 0) is 17.7 Å². The van der Waals surface area contributed by atoms with Crippen molar-refractivity contribution in [2.45, 2.75) is 18.5 Å². The number of alkyl halides is 3. The molecule has 0 radical (unpaired) electrons. The first kappa shape index (κ1) is 16.1. The first-order chi connectivity index (χ1) is 10.3. The number of ether oxygens (including phenoxy) is 2. The van der Waals surface area contributed by atoms with Crippen molar-refractivity contribution in [1.29, 1.82) is 0 Å². The minimum atomic E-state index is -4.60. The molecule has 1 aromatic carbocycles. The predicted molar refractivity (Wildman–Crippen MR) is 69.5 cm³/mol. The zero-order valence-corrected chi connectivity index (χ0v) is 11.7. The molecule has 1 atom stereocenters. The van der Waals surface area contributed by atoms with Gasteiger partial charge in [0.1, 0.15) is 12.4 Å². The third kappa shape index (κ3) is 3.49. The minimum absolute atomic E-state index is 0.00376. The summed E-state index contributed by atoms with van der Waals surface area (Å²) in [4.78, 5) is 23.9. The van der Waals surface area contributed by atoms with Crippen molar-refractivity contribution in [2.75, 3.05) is 20.3 Å². The first-order valence-electron chi connectivity index (χ1n) is 6.50. The Hall–Kier alpha value is -2.25. The molecule has 1 unspecified atom stereocenters. The average Bonchev–Trinajstić information content (AvgIpc) is 2.90. The van der Waals surface area contributed by atoms with Gasteiger partial charge >= 0.3 is 12.3 Å². The Morgan fingerprint density at radius 1 is 1.36 bits per heavy atom. The van der Waals surface area contributed by atoms with Crippen LogP contribution in [0.25, 0.3) is 0 Å². The van der Waals surface area contributed by atoms with Crippen LogP contribution in [0.3, 0.4) is 0 Å². The van der Waals surface area contributed by atoms with Gasteiger partial charge in [-0.15, -0.1) is 0 Å². The molecule has 0 aromatic heterocycles. The molecule has 5 nitrogen and oxygen atoms in total. The molecule has 120 valence electrons. The summed E-state index contributed by atoms with van der Waals surface area (Å²) in [5.41, 5.74) is -0.0609. The number of carbonyl (C=O) groups excluding carboxylic acids is 2. The van der Waals surface area contributed by atoms with E-state index in [1.807, 2.05) is 0 Å².